The minimum absolute atomic E-state index is 0.0697. The number of methoxy groups -OCH3 is 2. The van der Waals surface area contributed by atoms with E-state index in [0.717, 1.165) is 24.1 Å². The third kappa shape index (κ3) is 4.68. The summed E-state index contributed by atoms with van der Waals surface area (Å²) in [6.07, 6.45) is 1.94. The molecule has 0 saturated heterocycles. The van der Waals surface area contributed by atoms with Gasteiger partial charge in [-0.3, -0.25) is 9.59 Å². The number of benzene rings is 2. The number of hydrogen-bond acceptors (Lipinski definition) is 5. The van der Waals surface area contributed by atoms with E-state index in [1.54, 1.807) is 25.1 Å². The second-order valence-corrected chi connectivity index (χ2v) is 6.55. The van der Waals surface area contributed by atoms with Gasteiger partial charge in [0.25, 0.3) is 5.91 Å². The first kappa shape index (κ1) is 19.4. The Morgan fingerprint density at radius 1 is 0.964 bits per heavy atom. The van der Waals surface area contributed by atoms with Gasteiger partial charge in [0, 0.05) is 17.2 Å². The highest BCUT2D eigenvalue weighted by Gasteiger charge is 2.29. The van der Waals surface area contributed by atoms with E-state index >= 15 is 0 Å². The lowest BCUT2D eigenvalue weighted by Gasteiger charge is -2.09. The lowest BCUT2D eigenvalue weighted by atomic mass is 10.1. The summed E-state index contributed by atoms with van der Waals surface area (Å²) < 4.78 is 10.4. The number of carbonyl (C=O) groups excluding carboxylic acids is 2. The summed E-state index contributed by atoms with van der Waals surface area (Å²) in [5.74, 6) is 0.899. The molecule has 1 saturated carbocycles. The summed E-state index contributed by atoms with van der Waals surface area (Å²) in [7, 11) is 3.05. The third-order valence-electron chi connectivity index (χ3n) is 4.49. The SMILES string of the molecule is COc1ccc(C(=O)N/N=C(\C)c2ccc(NC(=O)C3CC3)cc2)cc1OC. The van der Waals surface area contributed by atoms with E-state index < -0.39 is 0 Å². The van der Waals surface area contributed by atoms with Gasteiger partial charge in [0.15, 0.2) is 11.5 Å². The number of carbonyl (C=O) groups is 2. The van der Waals surface area contributed by atoms with Crippen molar-refractivity contribution in [3.05, 3.63) is 53.6 Å². The van der Waals surface area contributed by atoms with Gasteiger partial charge in [0.2, 0.25) is 5.91 Å². The largest absolute Gasteiger partial charge is 0.493 e. The standard InChI is InChI=1S/C21H23N3O4/c1-13(14-6-9-17(10-7-14)22-20(25)15-4-5-15)23-24-21(26)16-8-11-18(27-2)19(12-16)28-3/h6-12,15H,4-5H2,1-3H3,(H,22,25)(H,24,26)/b23-13+. The van der Waals surface area contributed by atoms with Gasteiger partial charge in [-0.05, 0) is 55.7 Å². The molecule has 7 nitrogen and oxygen atoms in total. The molecule has 2 aromatic rings. The highest BCUT2D eigenvalue weighted by molar-refractivity contribution is 6.01. The van der Waals surface area contributed by atoms with Gasteiger partial charge in [-0.2, -0.15) is 5.10 Å². The Bertz CT molecular complexity index is 902. The molecule has 1 fully saturated rings. The maximum atomic E-state index is 12.3. The zero-order valence-corrected chi connectivity index (χ0v) is 16.1. The van der Waals surface area contributed by atoms with Crippen molar-refractivity contribution in [3.63, 3.8) is 0 Å². The van der Waals surface area contributed by atoms with Crippen molar-refractivity contribution in [2.45, 2.75) is 19.8 Å². The van der Waals surface area contributed by atoms with Crippen LogP contribution in [0.25, 0.3) is 0 Å². The Kier molecular flexibility index (Phi) is 5.93. The van der Waals surface area contributed by atoms with Gasteiger partial charge in [0.1, 0.15) is 0 Å². The van der Waals surface area contributed by atoms with Crippen LogP contribution in [0, 0.1) is 5.92 Å². The Morgan fingerprint density at radius 3 is 2.21 bits per heavy atom. The number of hydrazone groups is 1. The first-order valence-corrected chi connectivity index (χ1v) is 8.99. The van der Waals surface area contributed by atoms with Crippen LogP contribution in [-0.4, -0.2) is 31.7 Å². The summed E-state index contributed by atoms with van der Waals surface area (Å²) in [5, 5.41) is 7.05. The number of nitrogens with zero attached hydrogens (tertiary/aromatic N) is 1. The van der Waals surface area contributed by atoms with Crippen LogP contribution in [0.1, 0.15) is 35.7 Å². The fraction of sp³-hybridized carbons (Fsp3) is 0.286. The minimum Gasteiger partial charge on any atom is -0.493 e. The van der Waals surface area contributed by atoms with Gasteiger partial charge in [0.05, 0.1) is 19.9 Å². The van der Waals surface area contributed by atoms with E-state index in [4.69, 9.17) is 9.47 Å². The minimum atomic E-state index is -0.353. The first-order chi connectivity index (χ1) is 13.5. The van der Waals surface area contributed by atoms with Crippen LogP contribution in [-0.2, 0) is 4.79 Å². The summed E-state index contributed by atoms with van der Waals surface area (Å²) in [4.78, 5) is 24.1. The smallest absolute Gasteiger partial charge is 0.271 e. The molecule has 0 aromatic heterocycles. The monoisotopic (exact) mass is 381 g/mol. The molecule has 2 N–H and O–H groups in total. The van der Waals surface area contributed by atoms with E-state index in [0.29, 0.717) is 22.8 Å². The van der Waals surface area contributed by atoms with Gasteiger partial charge >= 0.3 is 0 Å². The van der Waals surface area contributed by atoms with Crippen molar-refractivity contribution in [2.75, 3.05) is 19.5 Å². The summed E-state index contributed by atoms with van der Waals surface area (Å²) in [5.41, 5.74) is 5.19. The molecule has 3 rings (SSSR count). The third-order valence-corrected chi connectivity index (χ3v) is 4.49. The van der Waals surface area contributed by atoms with Crippen LogP contribution in [0.4, 0.5) is 5.69 Å². The molecule has 1 aliphatic carbocycles. The van der Waals surface area contributed by atoms with Gasteiger partial charge in [-0.1, -0.05) is 12.1 Å². The molecule has 0 spiro atoms. The number of anilines is 1. The zero-order valence-electron chi connectivity index (χ0n) is 16.1. The molecular formula is C21H23N3O4. The van der Waals surface area contributed by atoms with Crippen LogP contribution in [0.5, 0.6) is 11.5 Å². The maximum absolute atomic E-state index is 12.3. The van der Waals surface area contributed by atoms with Crippen molar-refractivity contribution < 1.29 is 19.1 Å². The molecule has 0 unspecified atom stereocenters. The number of hydrogen-bond donors (Lipinski definition) is 2. The maximum Gasteiger partial charge on any atom is 0.271 e. The van der Waals surface area contributed by atoms with Crippen molar-refractivity contribution in [1.29, 1.82) is 0 Å². The van der Waals surface area contributed by atoms with Crippen LogP contribution >= 0.6 is 0 Å². The highest BCUT2D eigenvalue weighted by atomic mass is 16.5. The summed E-state index contributed by atoms with van der Waals surface area (Å²) in [6, 6.07) is 12.2. The fourth-order valence-electron chi connectivity index (χ4n) is 2.63. The molecule has 7 heteroatoms. The average Bonchev–Trinajstić information content (AvgIpc) is 3.57. The van der Waals surface area contributed by atoms with Crippen LogP contribution in [0.3, 0.4) is 0 Å². The van der Waals surface area contributed by atoms with Crippen LogP contribution < -0.4 is 20.2 Å². The normalized spacial score (nSPS) is 13.6. The molecule has 0 aliphatic heterocycles. The Morgan fingerprint density at radius 2 is 1.61 bits per heavy atom. The molecule has 1 aliphatic rings. The lowest BCUT2D eigenvalue weighted by molar-refractivity contribution is -0.117. The van der Waals surface area contributed by atoms with Crippen LogP contribution in [0.15, 0.2) is 47.6 Å². The van der Waals surface area contributed by atoms with Crippen molar-refractivity contribution >= 4 is 23.2 Å². The quantitative estimate of drug-likeness (QED) is 0.569. The van der Waals surface area contributed by atoms with Gasteiger partial charge in [-0.25, -0.2) is 5.43 Å². The Balaban J connectivity index is 1.63. The second kappa shape index (κ2) is 8.56. The summed E-state index contributed by atoms with van der Waals surface area (Å²) in [6.45, 7) is 1.80. The molecule has 28 heavy (non-hydrogen) atoms. The zero-order chi connectivity index (χ0) is 20.1. The van der Waals surface area contributed by atoms with E-state index in [2.05, 4.69) is 15.8 Å². The lowest BCUT2D eigenvalue weighted by Crippen LogP contribution is -2.19. The first-order valence-electron chi connectivity index (χ1n) is 8.99. The molecule has 0 heterocycles. The number of ether oxygens (including phenoxy) is 2. The topological polar surface area (TPSA) is 89.0 Å². The molecular weight excluding hydrogens is 358 g/mol. The van der Waals surface area contributed by atoms with Crippen molar-refractivity contribution in [2.24, 2.45) is 11.0 Å². The molecule has 0 bridgehead atoms. The summed E-state index contributed by atoms with van der Waals surface area (Å²) >= 11 is 0. The second-order valence-electron chi connectivity index (χ2n) is 6.55. The van der Waals surface area contributed by atoms with E-state index in [-0.39, 0.29) is 17.7 Å². The van der Waals surface area contributed by atoms with Crippen molar-refractivity contribution in [3.8, 4) is 11.5 Å². The number of nitrogens with one attached hydrogen (secondary N) is 2. The molecule has 0 atom stereocenters. The number of amides is 2. The van der Waals surface area contributed by atoms with E-state index in [9.17, 15) is 9.59 Å². The molecule has 0 radical (unpaired) electrons. The van der Waals surface area contributed by atoms with E-state index in [1.165, 1.54) is 14.2 Å². The van der Waals surface area contributed by atoms with E-state index in [1.807, 2.05) is 24.3 Å². The average molecular weight is 381 g/mol. The predicted octanol–water partition coefficient (Wildman–Crippen LogP) is 3.21. The Hall–Kier alpha value is -3.35. The molecule has 2 aromatic carbocycles. The highest BCUT2D eigenvalue weighted by Crippen LogP contribution is 2.30. The molecule has 2 amide bonds. The fourth-order valence-corrected chi connectivity index (χ4v) is 2.63. The van der Waals surface area contributed by atoms with Gasteiger partial charge in [-0.15, -0.1) is 0 Å². The van der Waals surface area contributed by atoms with Crippen molar-refractivity contribution in [1.82, 2.24) is 5.43 Å². The van der Waals surface area contributed by atoms with Gasteiger partial charge < -0.3 is 14.8 Å². The Labute approximate surface area is 163 Å². The number of rotatable bonds is 7. The van der Waals surface area contributed by atoms with Crippen LogP contribution in [0.2, 0.25) is 0 Å². The molecule has 146 valence electrons. The predicted molar refractivity (Wildman–Crippen MR) is 107 cm³/mol.